The van der Waals surface area contributed by atoms with Crippen LogP contribution in [0.15, 0.2) is 64.9 Å². The first-order chi connectivity index (χ1) is 11.2. The van der Waals surface area contributed by atoms with Crippen molar-refractivity contribution in [2.45, 2.75) is 24.1 Å². The maximum atomic E-state index is 12.4. The average molecular weight is 342 g/mol. The maximum Gasteiger partial charge on any atom is 0.112 e. The van der Waals surface area contributed by atoms with Gasteiger partial charge in [0.1, 0.15) is 5.01 Å². The van der Waals surface area contributed by atoms with Crippen molar-refractivity contribution >= 4 is 27.8 Å². The Morgan fingerprint density at radius 1 is 1.13 bits per heavy atom. The lowest BCUT2D eigenvalue weighted by Crippen LogP contribution is -2.01. The van der Waals surface area contributed by atoms with Crippen molar-refractivity contribution in [3.8, 4) is 0 Å². The van der Waals surface area contributed by atoms with Gasteiger partial charge in [0.15, 0.2) is 0 Å². The molecule has 0 radical (unpaired) electrons. The summed E-state index contributed by atoms with van der Waals surface area (Å²) in [5, 5.41) is 6.50. The van der Waals surface area contributed by atoms with Crippen molar-refractivity contribution in [1.29, 1.82) is 0 Å². The molecule has 2 aromatic carbocycles. The topological polar surface area (TPSA) is 42.0 Å². The molecule has 0 aliphatic carbocycles. The summed E-state index contributed by atoms with van der Waals surface area (Å²) in [5.41, 5.74) is 3.15. The minimum absolute atomic E-state index is 0.524. The molecule has 23 heavy (non-hydrogen) atoms. The van der Waals surface area contributed by atoms with Crippen LogP contribution in [0.2, 0.25) is 0 Å². The van der Waals surface area contributed by atoms with Crippen molar-refractivity contribution in [2.24, 2.45) is 0 Å². The number of aryl methyl sites for hydroxylation is 1. The molecule has 118 valence electrons. The third-order valence-electron chi connectivity index (χ3n) is 3.34. The standard InChI is InChI=1S/C18H18N2OS2/c1-14-12-22-18(20-14)11-19-16-7-5-6-15(10-16)13-23(21)17-8-3-2-4-9-17/h2-10,12,19H,11,13H2,1H3. The van der Waals surface area contributed by atoms with Crippen molar-refractivity contribution in [1.82, 2.24) is 4.98 Å². The van der Waals surface area contributed by atoms with Crippen LogP contribution in [0.4, 0.5) is 5.69 Å². The molecule has 0 spiro atoms. The fourth-order valence-corrected chi connectivity index (χ4v) is 4.06. The second-order valence-corrected chi connectivity index (χ2v) is 7.63. The molecule has 0 amide bonds. The number of hydrogen-bond acceptors (Lipinski definition) is 4. The predicted molar refractivity (Wildman–Crippen MR) is 97.2 cm³/mol. The summed E-state index contributed by atoms with van der Waals surface area (Å²) < 4.78 is 12.4. The highest BCUT2D eigenvalue weighted by atomic mass is 32.2. The Hall–Kier alpha value is -1.98. The number of nitrogens with one attached hydrogen (secondary N) is 1. The molecule has 3 rings (SSSR count). The molecule has 0 fully saturated rings. The quantitative estimate of drug-likeness (QED) is 0.723. The van der Waals surface area contributed by atoms with Crippen LogP contribution in [0.5, 0.6) is 0 Å². The van der Waals surface area contributed by atoms with E-state index in [0.29, 0.717) is 12.3 Å². The lowest BCUT2D eigenvalue weighted by molar-refractivity contribution is 0.682. The molecule has 0 saturated heterocycles. The van der Waals surface area contributed by atoms with E-state index in [1.54, 1.807) is 11.3 Å². The smallest absolute Gasteiger partial charge is 0.112 e. The summed E-state index contributed by atoms with van der Waals surface area (Å²) in [4.78, 5) is 5.31. The number of thiazole rings is 1. The van der Waals surface area contributed by atoms with E-state index in [1.807, 2.05) is 55.5 Å². The van der Waals surface area contributed by atoms with Gasteiger partial charge < -0.3 is 5.32 Å². The van der Waals surface area contributed by atoms with Gasteiger partial charge in [-0.2, -0.15) is 0 Å². The van der Waals surface area contributed by atoms with Crippen LogP contribution >= 0.6 is 11.3 Å². The minimum Gasteiger partial charge on any atom is -0.379 e. The Balaban J connectivity index is 1.64. The number of benzene rings is 2. The van der Waals surface area contributed by atoms with Crippen LogP contribution in [0, 0.1) is 6.92 Å². The summed E-state index contributed by atoms with van der Waals surface area (Å²) >= 11 is 1.66. The Labute approximate surface area is 142 Å². The van der Waals surface area contributed by atoms with E-state index < -0.39 is 10.8 Å². The zero-order chi connectivity index (χ0) is 16.1. The minimum atomic E-state index is -1.02. The first-order valence-corrected chi connectivity index (χ1v) is 9.58. The molecule has 3 aromatic rings. The monoisotopic (exact) mass is 342 g/mol. The largest absolute Gasteiger partial charge is 0.379 e. The summed E-state index contributed by atoms with van der Waals surface area (Å²) in [5.74, 6) is 0.524. The number of rotatable bonds is 6. The summed E-state index contributed by atoms with van der Waals surface area (Å²) in [6.07, 6.45) is 0. The van der Waals surface area contributed by atoms with Crippen molar-refractivity contribution in [2.75, 3.05) is 5.32 Å². The molecule has 3 nitrogen and oxygen atoms in total. The predicted octanol–water partition coefficient (Wildman–Crippen LogP) is 4.37. The first kappa shape index (κ1) is 15.9. The molecule has 1 heterocycles. The molecule has 0 aliphatic heterocycles. The molecule has 0 aliphatic rings. The van der Waals surface area contributed by atoms with E-state index in [9.17, 15) is 4.21 Å². The Morgan fingerprint density at radius 2 is 1.96 bits per heavy atom. The average Bonchev–Trinajstić information content (AvgIpc) is 3.00. The molecular formula is C18H18N2OS2. The van der Waals surface area contributed by atoms with E-state index in [4.69, 9.17) is 0 Å². The highest BCUT2D eigenvalue weighted by molar-refractivity contribution is 7.84. The number of aromatic nitrogens is 1. The lowest BCUT2D eigenvalue weighted by Gasteiger charge is -2.07. The van der Waals surface area contributed by atoms with Gasteiger partial charge in [-0.05, 0) is 36.8 Å². The van der Waals surface area contributed by atoms with Crippen molar-refractivity contribution in [3.05, 3.63) is 76.2 Å². The number of nitrogens with zero attached hydrogens (tertiary/aromatic N) is 1. The second-order valence-electron chi connectivity index (χ2n) is 5.24. The fourth-order valence-electron chi connectivity index (χ4n) is 2.24. The molecule has 1 atom stereocenters. The molecule has 5 heteroatoms. The van der Waals surface area contributed by atoms with Crippen LogP contribution in [-0.2, 0) is 23.1 Å². The van der Waals surface area contributed by atoms with Crippen LogP contribution in [-0.4, -0.2) is 9.19 Å². The summed E-state index contributed by atoms with van der Waals surface area (Å²) in [6.45, 7) is 2.71. The SMILES string of the molecule is Cc1csc(CNc2cccc(CS(=O)c3ccccc3)c2)n1. The van der Waals surface area contributed by atoms with E-state index in [0.717, 1.165) is 26.8 Å². The van der Waals surface area contributed by atoms with Crippen LogP contribution in [0.1, 0.15) is 16.3 Å². The zero-order valence-electron chi connectivity index (χ0n) is 12.9. The van der Waals surface area contributed by atoms with Crippen LogP contribution in [0.3, 0.4) is 0 Å². The van der Waals surface area contributed by atoms with E-state index in [1.165, 1.54) is 0 Å². The van der Waals surface area contributed by atoms with Gasteiger partial charge in [-0.15, -0.1) is 11.3 Å². The van der Waals surface area contributed by atoms with Gasteiger partial charge in [-0.1, -0.05) is 30.3 Å². The Kier molecular flexibility index (Phi) is 5.20. The molecule has 1 unspecified atom stereocenters. The Bertz CT molecular complexity index is 800. The normalized spacial score (nSPS) is 12.0. The van der Waals surface area contributed by atoms with Gasteiger partial charge in [0.05, 0.1) is 23.1 Å². The van der Waals surface area contributed by atoms with Gasteiger partial charge in [0, 0.05) is 21.7 Å². The third-order valence-corrected chi connectivity index (χ3v) is 5.70. The summed E-state index contributed by atoms with van der Waals surface area (Å²) in [7, 11) is -1.02. The van der Waals surface area contributed by atoms with Gasteiger partial charge >= 0.3 is 0 Å². The van der Waals surface area contributed by atoms with Gasteiger partial charge in [0.25, 0.3) is 0 Å². The Morgan fingerprint density at radius 3 is 2.70 bits per heavy atom. The highest BCUT2D eigenvalue weighted by Crippen LogP contribution is 2.17. The molecule has 0 saturated carbocycles. The highest BCUT2D eigenvalue weighted by Gasteiger charge is 2.05. The summed E-state index contributed by atoms with van der Waals surface area (Å²) in [6, 6.07) is 17.7. The van der Waals surface area contributed by atoms with Crippen molar-refractivity contribution in [3.63, 3.8) is 0 Å². The van der Waals surface area contributed by atoms with Gasteiger partial charge in [-0.3, -0.25) is 4.21 Å². The van der Waals surface area contributed by atoms with E-state index >= 15 is 0 Å². The van der Waals surface area contributed by atoms with Gasteiger partial charge in [0.2, 0.25) is 0 Å². The van der Waals surface area contributed by atoms with Crippen LogP contribution < -0.4 is 5.32 Å². The van der Waals surface area contributed by atoms with Gasteiger partial charge in [-0.25, -0.2) is 4.98 Å². The lowest BCUT2D eigenvalue weighted by atomic mass is 10.2. The molecular weight excluding hydrogens is 324 g/mol. The fraction of sp³-hybridized carbons (Fsp3) is 0.167. The van der Waals surface area contributed by atoms with Crippen LogP contribution in [0.25, 0.3) is 0 Å². The third kappa shape index (κ3) is 4.50. The molecule has 0 bridgehead atoms. The van der Waals surface area contributed by atoms with E-state index in [2.05, 4.69) is 21.7 Å². The van der Waals surface area contributed by atoms with E-state index in [-0.39, 0.29) is 0 Å². The zero-order valence-corrected chi connectivity index (χ0v) is 14.5. The van der Waals surface area contributed by atoms with Crippen molar-refractivity contribution < 1.29 is 4.21 Å². The first-order valence-electron chi connectivity index (χ1n) is 7.38. The molecule has 1 N–H and O–H groups in total. The maximum absolute atomic E-state index is 12.4. The second kappa shape index (κ2) is 7.53. The number of hydrogen-bond donors (Lipinski definition) is 1. The molecule has 1 aromatic heterocycles. The number of anilines is 1.